The Hall–Kier alpha value is -4.70. The van der Waals surface area contributed by atoms with Crippen LogP contribution in [0.25, 0.3) is 0 Å². The summed E-state index contributed by atoms with van der Waals surface area (Å²) in [5.74, 6) is -0.585. The van der Waals surface area contributed by atoms with Gasteiger partial charge >= 0.3 is 11.9 Å². The molecule has 0 aliphatic carbocycles. The monoisotopic (exact) mass is 772 g/mol. The van der Waals surface area contributed by atoms with E-state index >= 15 is 0 Å². The summed E-state index contributed by atoms with van der Waals surface area (Å²) in [6, 6.07) is 16.4. The number of halogens is 1. The molecule has 3 aromatic carbocycles. The second-order valence-corrected chi connectivity index (χ2v) is 11.5. The average molecular weight is 773 g/mol. The molecule has 0 spiro atoms. The smallest absolute Gasteiger partial charge is 0.338 e. The fourth-order valence-electron chi connectivity index (χ4n) is 4.58. The van der Waals surface area contributed by atoms with E-state index in [2.05, 4.69) is 43.8 Å². The van der Waals surface area contributed by atoms with Crippen molar-refractivity contribution in [1.82, 2.24) is 16.1 Å². The molecule has 0 fully saturated rings. The first-order chi connectivity index (χ1) is 22.6. The lowest BCUT2D eigenvalue weighted by Crippen LogP contribution is -2.45. The third kappa shape index (κ3) is 9.42. The molecule has 1 atom stereocenters. The number of ether oxygens (including phenoxy) is 4. The summed E-state index contributed by atoms with van der Waals surface area (Å²) in [6.45, 7) is 5.79. The molecule has 3 aromatic rings. The van der Waals surface area contributed by atoms with Crippen LogP contribution >= 0.6 is 34.8 Å². The fraction of sp³-hybridized carbons (Fsp3) is 0.242. The Morgan fingerprint density at radius 1 is 1.02 bits per heavy atom. The molecule has 1 aliphatic rings. The predicted molar refractivity (Wildman–Crippen MR) is 187 cm³/mol. The molecule has 1 amide bonds. The van der Waals surface area contributed by atoms with Crippen molar-refractivity contribution in [2.75, 3.05) is 19.8 Å². The van der Waals surface area contributed by atoms with Crippen LogP contribution in [0.3, 0.4) is 0 Å². The van der Waals surface area contributed by atoms with E-state index in [9.17, 15) is 14.4 Å². The Bertz CT molecular complexity index is 1710. The quantitative estimate of drug-likeness (QED) is 0.0584. The molecule has 1 aliphatic heterocycles. The number of allylic oxidation sites excluding steroid dienone is 1. The third-order valence-corrected chi connectivity index (χ3v) is 7.69. The Balaban J connectivity index is 1.40. The summed E-state index contributed by atoms with van der Waals surface area (Å²) in [5.41, 5.74) is 5.64. The number of thiocarbonyl (C=S) groups is 1. The van der Waals surface area contributed by atoms with Crippen LogP contribution in [0.15, 0.2) is 77.0 Å². The standard InChI is InChI=1S/C33H33IN4O8S/c1-4-43-26-15-21(14-24(34)30(26)46-17-20-10-12-22(13-11-20)31(40)41)16-35-38-27(39)18-45-25-9-7-6-8-23(25)29-28(32(42)44-5-2)19(3)36-33(47)37-29/h6-16,29H,4-5,17-18H2,1-3H3,(H,38,39)(H,40,41)(H2,36,37,47)/t29-/m0/s1. The van der Waals surface area contributed by atoms with Gasteiger partial charge in [0.15, 0.2) is 23.2 Å². The third-order valence-electron chi connectivity index (χ3n) is 6.67. The number of aromatic carboxylic acids is 1. The highest BCUT2D eigenvalue weighted by Gasteiger charge is 2.32. The average Bonchev–Trinajstić information content (AvgIpc) is 3.03. The molecule has 0 bridgehead atoms. The topological polar surface area (TPSA) is 157 Å². The zero-order chi connectivity index (χ0) is 33.9. The second kappa shape index (κ2) is 16.7. The van der Waals surface area contributed by atoms with Gasteiger partial charge in [-0.3, -0.25) is 4.79 Å². The molecule has 0 radical (unpaired) electrons. The predicted octanol–water partition coefficient (Wildman–Crippen LogP) is 4.85. The molecule has 12 nitrogen and oxygen atoms in total. The number of rotatable bonds is 14. The maximum Gasteiger partial charge on any atom is 0.338 e. The van der Waals surface area contributed by atoms with Gasteiger partial charge in [-0.1, -0.05) is 30.3 Å². The van der Waals surface area contributed by atoms with E-state index < -0.39 is 23.9 Å². The van der Waals surface area contributed by atoms with Crippen molar-refractivity contribution in [1.29, 1.82) is 0 Å². The minimum absolute atomic E-state index is 0.196. The highest BCUT2D eigenvalue weighted by atomic mass is 127. The van der Waals surface area contributed by atoms with Gasteiger partial charge in [-0.2, -0.15) is 5.10 Å². The molecule has 0 saturated carbocycles. The first kappa shape index (κ1) is 35.2. The van der Waals surface area contributed by atoms with Gasteiger partial charge in [0.1, 0.15) is 12.4 Å². The number of carboxylic acid groups (broad SMARTS) is 1. The number of para-hydroxylation sites is 1. The maximum atomic E-state index is 12.8. The largest absolute Gasteiger partial charge is 0.490 e. The zero-order valence-electron chi connectivity index (χ0n) is 25.8. The van der Waals surface area contributed by atoms with E-state index in [1.807, 2.05) is 13.0 Å². The van der Waals surface area contributed by atoms with E-state index in [1.165, 1.54) is 18.3 Å². The van der Waals surface area contributed by atoms with Gasteiger partial charge in [-0.25, -0.2) is 15.0 Å². The van der Waals surface area contributed by atoms with Gasteiger partial charge in [0.05, 0.1) is 40.2 Å². The summed E-state index contributed by atoms with van der Waals surface area (Å²) in [7, 11) is 0. The van der Waals surface area contributed by atoms with Crippen LogP contribution in [0, 0.1) is 3.57 Å². The zero-order valence-corrected chi connectivity index (χ0v) is 28.8. The number of benzene rings is 3. The summed E-state index contributed by atoms with van der Waals surface area (Å²) >= 11 is 7.45. The van der Waals surface area contributed by atoms with Crippen LogP contribution in [-0.2, 0) is 20.9 Å². The molecular formula is C33H33IN4O8S. The van der Waals surface area contributed by atoms with Gasteiger partial charge < -0.3 is 34.7 Å². The number of nitrogens with zero attached hydrogens (tertiary/aromatic N) is 1. The Kier molecular flexibility index (Phi) is 12.5. The van der Waals surface area contributed by atoms with Crippen LogP contribution in [0.4, 0.5) is 0 Å². The summed E-state index contributed by atoms with van der Waals surface area (Å²) in [4.78, 5) is 36.5. The summed E-state index contributed by atoms with van der Waals surface area (Å²) in [5, 5.41) is 19.6. The van der Waals surface area contributed by atoms with Crippen molar-refractivity contribution >= 4 is 64.0 Å². The van der Waals surface area contributed by atoms with Crippen molar-refractivity contribution < 1.29 is 38.4 Å². The summed E-state index contributed by atoms with van der Waals surface area (Å²) < 4.78 is 23.7. The van der Waals surface area contributed by atoms with Gasteiger partial charge in [0.2, 0.25) is 0 Å². The van der Waals surface area contributed by atoms with E-state index in [0.717, 1.165) is 9.13 Å². The molecule has 0 unspecified atom stereocenters. The van der Waals surface area contributed by atoms with Crippen molar-refractivity contribution in [3.8, 4) is 17.2 Å². The number of esters is 1. The highest BCUT2D eigenvalue weighted by Crippen LogP contribution is 2.35. The van der Waals surface area contributed by atoms with Crippen molar-refractivity contribution in [2.24, 2.45) is 5.10 Å². The number of nitrogens with one attached hydrogen (secondary N) is 3. The minimum atomic E-state index is -0.994. The maximum absolute atomic E-state index is 12.8. The number of hydrogen-bond acceptors (Lipinski definition) is 9. The van der Waals surface area contributed by atoms with Gasteiger partial charge in [-0.05, 0) is 97.0 Å². The van der Waals surface area contributed by atoms with E-state index in [0.29, 0.717) is 51.4 Å². The molecule has 47 heavy (non-hydrogen) atoms. The molecule has 0 saturated heterocycles. The highest BCUT2D eigenvalue weighted by molar-refractivity contribution is 14.1. The van der Waals surface area contributed by atoms with Crippen LogP contribution in [0.1, 0.15) is 53.9 Å². The van der Waals surface area contributed by atoms with E-state index in [1.54, 1.807) is 56.3 Å². The minimum Gasteiger partial charge on any atom is -0.490 e. The number of carbonyl (C=O) groups excluding carboxylic acids is 2. The lowest BCUT2D eigenvalue weighted by Gasteiger charge is -2.30. The Morgan fingerprint density at radius 3 is 2.47 bits per heavy atom. The fourth-order valence-corrected chi connectivity index (χ4v) is 5.63. The van der Waals surface area contributed by atoms with E-state index in [4.69, 9.17) is 36.3 Å². The van der Waals surface area contributed by atoms with Crippen molar-refractivity contribution in [3.63, 3.8) is 0 Å². The Labute approximate surface area is 290 Å². The SMILES string of the molecule is CCOC(=O)C1=C(C)NC(=S)N[C@H]1c1ccccc1OCC(=O)NN=Cc1cc(I)c(OCc2ccc(C(=O)O)cc2)c(OCC)c1. The van der Waals surface area contributed by atoms with Gasteiger partial charge in [0, 0.05) is 11.3 Å². The molecule has 4 N–H and O–H groups in total. The Morgan fingerprint density at radius 2 is 1.77 bits per heavy atom. The summed E-state index contributed by atoms with van der Waals surface area (Å²) in [6.07, 6.45) is 1.48. The number of amides is 1. The number of hydrazone groups is 1. The molecule has 246 valence electrons. The molecule has 0 aromatic heterocycles. The van der Waals surface area contributed by atoms with Crippen LogP contribution < -0.4 is 30.3 Å². The van der Waals surface area contributed by atoms with Gasteiger partial charge in [0.25, 0.3) is 5.91 Å². The van der Waals surface area contributed by atoms with Gasteiger partial charge in [-0.15, -0.1) is 0 Å². The van der Waals surface area contributed by atoms with Crippen molar-refractivity contribution in [3.05, 3.63) is 97.8 Å². The molecule has 1 heterocycles. The molecule has 4 rings (SSSR count). The van der Waals surface area contributed by atoms with E-state index in [-0.39, 0.29) is 25.4 Å². The number of hydrogen-bond donors (Lipinski definition) is 4. The van der Waals surface area contributed by atoms with Crippen LogP contribution in [0.5, 0.6) is 17.2 Å². The number of carboxylic acids is 1. The first-order valence-corrected chi connectivity index (χ1v) is 16.0. The first-order valence-electron chi connectivity index (χ1n) is 14.5. The lowest BCUT2D eigenvalue weighted by atomic mass is 9.95. The van der Waals surface area contributed by atoms with Crippen molar-refractivity contribution in [2.45, 2.75) is 33.4 Å². The van der Waals surface area contributed by atoms with Crippen LogP contribution in [-0.4, -0.2) is 54.1 Å². The second-order valence-electron chi connectivity index (χ2n) is 9.96. The van der Waals surface area contributed by atoms with Crippen LogP contribution in [0.2, 0.25) is 0 Å². The molecule has 14 heteroatoms. The molecular weight excluding hydrogens is 739 g/mol. The normalized spacial score (nSPS) is 14.2. The lowest BCUT2D eigenvalue weighted by molar-refractivity contribution is -0.139. The number of carbonyl (C=O) groups is 3.